The van der Waals surface area contributed by atoms with Crippen molar-refractivity contribution in [2.45, 2.75) is 95.3 Å². The predicted molar refractivity (Wildman–Crippen MR) is 146 cm³/mol. The third kappa shape index (κ3) is 7.95. The number of amides is 1. The summed E-state index contributed by atoms with van der Waals surface area (Å²) in [5, 5.41) is 25.4. The van der Waals surface area contributed by atoms with Crippen LogP contribution in [0.15, 0.2) is 42.5 Å². The fourth-order valence-corrected chi connectivity index (χ4v) is 6.06. The molecule has 0 aliphatic heterocycles. The number of aliphatic hydroxyl groups excluding tert-OH is 2. The Balaban J connectivity index is 1.80. The van der Waals surface area contributed by atoms with Gasteiger partial charge >= 0.3 is 5.97 Å². The first-order valence-corrected chi connectivity index (χ1v) is 14.1. The van der Waals surface area contributed by atoms with Gasteiger partial charge in [-0.25, -0.2) is 4.79 Å². The van der Waals surface area contributed by atoms with Crippen molar-refractivity contribution in [2.24, 2.45) is 5.92 Å². The molecule has 1 saturated carbocycles. The van der Waals surface area contributed by atoms with Crippen LogP contribution in [0.2, 0.25) is 0 Å². The molecule has 36 heavy (non-hydrogen) atoms. The molecule has 6 nitrogen and oxygen atoms in total. The Labute approximate surface area is 219 Å². The number of esters is 1. The van der Waals surface area contributed by atoms with Gasteiger partial charge in [0.2, 0.25) is 5.91 Å². The lowest BCUT2D eigenvalue weighted by Crippen LogP contribution is -2.47. The number of thioether (sulfide) groups is 1. The fourth-order valence-electron chi connectivity index (χ4n) is 4.63. The van der Waals surface area contributed by atoms with Crippen LogP contribution in [0.25, 0.3) is 10.8 Å². The van der Waals surface area contributed by atoms with Crippen molar-refractivity contribution in [3.8, 4) is 0 Å². The molecule has 198 valence electrons. The molecule has 0 saturated heterocycles. The average Bonchev–Trinajstić information content (AvgIpc) is 3.15. The molecule has 0 heterocycles. The number of unbranched alkanes of at least 4 members (excludes halogenated alkanes) is 1. The van der Waals surface area contributed by atoms with Gasteiger partial charge in [-0.15, -0.1) is 0 Å². The van der Waals surface area contributed by atoms with Crippen LogP contribution >= 0.6 is 11.8 Å². The minimum Gasteiger partial charge on any atom is -0.458 e. The molecule has 7 heteroatoms. The highest BCUT2D eigenvalue weighted by Gasteiger charge is 2.35. The van der Waals surface area contributed by atoms with Crippen LogP contribution in [0.1, 0.15) is 65.4 Å². The van der Waals surface area contributed by atoms with Crippen LogP contribution < -0.4 is 5.32 Å². The van der Waals surface area contributed by atoms with Crippen LogP contribution in [-0.4, -0.2) is 56.9 Å². The van der Waals surface area contributed by atoms with Gasteiger partial charge in [-0.05, 0) is 62.8 Å². The van der Waals surface area contributed by atoms with Crippen molar-refractivity contribution in [3.05, 3.63) is 48.0 Å². The first-order valence-electron chi connectivity index (χ1n) is 13.1. The molecule has 3 unspecified atom stereocenters. The summed E-state index contributed by atoms with van der Waals surface area (Å²) in [5.41, 5.74) is 0.437. The normalized spacial score (nSPS) is 21.8. The summed E-state index contributed by atoms with van der Waals surface area (Å²) >= 11 is 1.53. The molecule has 3 N–H and O–H groups in total. The number of rotatable bonds is 11. The second kappa shape index (κ2) is 12.9. The molecule has 0 radical (unpaired) electrons. The zero-order valence-electron chi connectivity index (χ0n) is 21.9. The number of hydrogen-bond acceptors (Lipinski definition) is 6. The Morgan fingerprint density at radius 1 is 1.11 bits per heavy atom. The first-order chi connectivity index (χ1) is 17.1. The lowest BCUT2D eigenvalue weighted by molar-refractivity contribution is -0.159. The molecule has 5 atom stereocenters. The minimum absolute atomic E-state index is 0.107. The Bertz CT molecular complexity index is 1010. The van der Waals surface area contributed by atoms with Crippen molar-refractivity contribution < 1.29 is 24.5 Å². The van der Waals surface area contributed by atoms with Crippen LogP contribution in [0, 0.1) is 5.92 Å². The van der Waals surface area contributed by atoms with Gasteiger partial charge in [0, 0.05) is 11.0 Å². The Kier molecular flexibility index (Phi) is 10.2. The van der Waals surface area contributed by atoms with Gasteiger partial charge in [-0.3, -0.25) is 4.79 Å². The number of nitrogens with one attached hydrogen (secondary N) is 1. The smallest absolute Gasteiger partial charge is 0.329 e. The molecule has 3 rings (SSSR count). The molecule has 0 spiro atoms. The Morgan fingerprint density at radius 2 is 1.83 bits per heavy atom. The summed E-state index contributed by atoms with van der Waals surface area (Å²) in [7, 11) is 0. The van der Waals surface area contributed by atoms with E-state index < -0.39 is 35.7 Å². The van der Waals surface area contributed by atoms with E-state index in [4.69, 9.17) is 4.74 Å². The third-order valence-corrected chi connectivity index (χ3v) is 8.14. The molecule has 1 aliphatic carbocycles. The zero-order chi connectivity index (χ0) is 26.3. The fraction of sp³-hybridized carbons (Fsp3) is 0.586. The lowest BCUT2D eigenvalue weighted by atomic mass is 9.95. The van der Waals surface area contributed by atoms with Crippen molar-refractivity contribution >= 4 is 34.4 Å². The van der Waals surface area contributed by atoms with E-state index in [1.54, 1.807) is 0 Å². The summed E-state index contributed by atoms with van der Waals surface area (Å²) in [6, 6.07) is 13.5. The average molecular weight is 516 g/mol. The molecule has 1 fully saturated rings. The number of aliphatic hydroxyl groups is 2. The summed E-state index contributed by atoms with van der Waals surface area (Å²) in [4.78, 5) is 26.5. The maximum Gasteiger partial charge on any atom is 0.329 e. The predicted octanol–water partition coefficient (Wildman–Crippen LogP) is 4.63. The number of carbonyl (C=O) groups excluding carboxylic acids is 2. The molecule has 2 aromatic rings. The number of benzene rings is 2. The van der Waals surface area contributed by atoms with Crippen molar-refractivity contribution in [1.29, 1.82) is 0 Å². The van der Waals surface area contributed by atoms with E-state index in [1.807, 2.05) is 45.0 Å². The van der Waals surface area contributed by atoms with Crippen molar-refractivity contribution in [2.75, 3.05) is 5.75 Å². The van der Waals surface area contributed by atoms with Crippen LogP contribution in [0.3, 0.4) is 0 Å². The van der Waals surface area contributed by atoms with Crippen molar-refractivity contribution in [3.63, 3.8) is 0 Å². The second-order valence-corrected chi connectivity index (χ2v) is 12.1. The van der Waals surface area contributed by atoms with Gasteiger partial charge in [-0.1, -0.05) is 62.2 Å². The Hall–Kier alpha value is -2.09. The maximum atomic E-state index is 13.6. The van der Waals surface area contributed by atoms with Gasteiger partial charge in [0.1, 0.15) is 11.6 Å². The summed E-state index contributed by atoms with van der Waals surface area (Å²) in [6.45, 7) is 7.52. The number of hydrogen-bond donors (Lipinski definition) is 3. The van der Waals surface area contributed by atoms with Gasteiger partial charge < -0.3 is 20.3 Å². The number of fused-ring (bicyclic) bond motifs is 1. The van der Waals surface area contributed by atoms with Gasteiger partial charge in [0.15, 0.2) is 0 Å². The van der Waals surface area contributed by atoms with E-state index in [0.29, 0.717) is 31.4 Å². The van der Waals surface area contributed by atoms with Gasteiger partial charge in [-0.2, -0.15) is 11.8 Å². The second-order valence-electron chi connectivity index (χ2n) is 10.8. The Morgan fingerprint density at radius 3 is 2.50 bits per heavy atom. The zero-order valence-corrected chi connectivity index (χ0v) is 22.7. The highest BCUT2D eigenvalue weighted by molar-refractivity contribution is 8.00. The lowest BCUT2D eigenvalue weighted by Gasteiger charge is -2.27. The molecule has 0 bridgehead atoms. The molecule has 2 aromatic carbocycles. The highest BCUT2D eigenvalue weighted by atomic mass is 32.2. The van der Waals surface area contributed by atoms with E-state index in [9.17, 15) is 19.8 Å². The van der Waals surface area contributed by atoms with Crippen molar-refractivity contribution in [1.82, 2.24) is 5.32 Å². The van der Waals surface area contributed by atoms with Crippen LogP contribution in [-0.2, 0) is 20.7 Å². The van der Waals surface area contributed by atoms with Crippen LogP contribution in [0.5, 0.6) is 0 Å². The van der Waals surface area contributed by atoms with E-state index in [0.717, 1.165) is 29.2 Å². The molecule has 1 aliphatic rings. The van der Waals surface area contributed by atoms with Gasteiger partial charge in [0.25, 0.3) is 0 Å². The largest absolute Gasteiger partial charge is 0.458 e. The SMILES string of the molecule is CCCC[C@H](NC(=O)[C@@H](CSC1CCC(O)C1O)Cc1cccc2ccccc12)C(=O)OC(C)(C)C. The van der Waals surface area contributed by atoms with E-state index in [-0.39, 0.29) is 11.2 Å². The molecule has 1 amide bonds. The molecular formula is C29H41NO5S. The van der Waals surface area contributed by atoms with Gasteiger partial charge in [0.05, 0.1) is 18.1 Å². The van der Waals surface area contributed by atoms with E-state index in [1.165, 1.54) is 11.8 Å². The highest BCUT2D eigenvalue weighted by Crippen LogP contribution is 2.33. The third-order valence-electron chi connectivity index (χ3n) is 6.60. The minimum atomic E-state index is -0.782. The maximum absolute atomic E-state index is 13.6. The molecule has 0 aromatic heterocycles. The number of ether oxygens (including phenoxy) is 1. The van der Waals surface area contributed by atoms with E-state index >= 15 is 0 Å². The summed E-state index contributed by atoms with van der Waals surface area (Å²) in [5.74, 6) is -0.513. The topological polar surface area (TPSA) is 95.9 Å². The quantitative estimate of drug-likeness (QED) is 0.378. The standard InChI is InChI=1S/C29H41NO5S/c1-5-6-14-23(28(34)35-29(2,3)4)30-27(33)21(18-36-25-16-15-24(31)26(25)32)17-20-12-9-11-19-10-7-8-13-22(19)20/h7-13,21,23-26,31-32H,5-6,14-18H2,1-4H3,(H,30,33)/t21-,23+,24?,25?,26?/m1/s1. The number of carbonyl (C=O) groups is 2. The molecular weight excluding hydrogens is 474 g/mol. The summed E-state index contributed by atoms with van der Waals surface area (Å²) in [6.07, 6.45) is 2.54. The van der Waals surface area contributed by atoms with E-state index in [2.05, 4.69) is 30.4 Å². The van der Waals surface area contributed by atoms with Crippen LogP contribution in [0.4, 0.5) is 0 Å². The first kappa shape index (κ1) is 28.5. The monoisotopic (exact) mass is 515 g/mol. The summed E-state index contributed by atoms with van der Waals surface area (Å²) < 4.78 is 5.60.